The first kappa shape index (κ1) is 13.3. The van der Waals surface area contributed by atoms with E-state index in [4.69, 9.17) is 16.3 Å². The molecular weight excluding hydrogens is 256 g/mol. The highest BCUT2D eigenvalue weighted by atomic mass is 35.5. The summed E-state index contributed by atoms with van der Waals surface area (Å²) < 4.78 is 6.86. The lowest BCUT2D eigenvalue weighted by molar-refractivity contribution is -0.133. The van der Waals surface area contributed by atoms with Crippen LogP contribution in [-0.2, 0) is 23.0 Å². The highest BCUT2D eigenvalue weighted by Gasteiger charge is 2.20. The number of carbonyl (C=O) groups excluding carboxylic acids is 1. The van der Waals surface area contributed by atoms with Crippen LogP contribution in [-0.4, -0.2) is 47.0 Å². The van der Waals surface area contributed by atoms with Crippen molar-refractivity contribution in [2.24, 2.45) is 7.05 Å². The van der Waals surface area contributed by atoms with E-state index in [1.807, 2.05) is 6.92 Å². The van der Waals surface area contributed by atoms with Crippen LogP contribution in [0.4, 0.5) is 0 Å². The number of aromatic nitrogens is 2. The maximum absolute atomic E-state index is 12.1. The number of hydrogen-bond acceptors (Lipinski definition) is 4. The number of nitrogens with zero attached hydrogens (tertiary/aromatic N) is 3. The SMILES string of the molecule is Cc1nn(C)c(Cl)c1CC(=O)N1CCOCCN1. The molecule has 2 rings (SSSR count). The van der Waals surface area contributed by atoms with Crippen LogP contribution in [0.25, 0.3) is 0 Å². The topological polar surface area (TPSA) is 59.4 Å². The normalized spacial score (nSPS) is 16.7. The summed E-state index contributed by atoms with van der Waals surface area (Å²) in [7, 11) is 1.77. The van der Waals surface area contributed by atoms with Crippen LogP contribution in [0, 0.1) is 6.92 Å². The molecule has 1 aromatic heterocycles. The number of hydrazine groups is 1. The summed E-state index contributed by atoms with van der Waals surface area (Å²) in [4.78, 5) is 12.1. The van der Waals surface area contributed by atoms with Crippen LogP contribution in [0.3, 0.4) is 0 Å². The van der Waals surface area contributed by atoms with Crippen molar-refractivity contribution in [1.29, 1.82) is 0 Å². The van der Waals surface area contributed by atoms with Crippen molar-refractivity contribution in [2.45, 2.75) is 13.3 Å². The number of ether oxygens (including phenoxy) is 1. The average molecular weight is 273 g/mol. The van der Waals surface area contributed by atoms with Crippen molar-refractivity contribution < 1.29 is 9.53 Å². The third-order valence-electron chi connectivity index (χ3n) is 2.91. The van der Waals surface area contributed by atoms with Gasteiger partial charge >= 0.3 is 0 Å². The molecule has 0 radical (unpaired) electrons. The minimum Gasteiger partial charge on any atom is -0.378 e. The van der Waals surface area contributed by atoms with E-state index in [1.54, 1.807) is 16.7 Å². The van der Waals surface area contributed by atoms with Gasteiger partial charge in [0.05, 0.1) is 31.9 Å². The highest BCUT2D eigenvalue weighted by Crippen LogP contribution is 2.19. The zero-order valence-corrected chi connectivity index (χ0v) is 11.3. The van der Waals surface area contributed by atoms with E-state index >= 15 is 0 Å². The first-order valence-electron chi connectivity index (χ1n) is 5.89. The summed E-state index contributed by atoms with van der Waals surface area (Å²) in [6.45, 7) is 4.23. The van der Waals surface area contributed by atoms with Crippen molar-refractivity contribution >= 4 is 17.5 Å². The van der Waals surface area contributed by atoms with Gasteiger partial charge in [-0.25, -0.2) is 5.43 Å². The third-order valence-corrected chi connectivity index (χ3v) is 3.38. The molecule has 1 aliphatic heterocycles. The molecule has 1 N–H and O–H groups in total. The Morgan fingerprint density at radius 3 is 3.00 bits per heavy atom. The van der Waals surface area contributed by atoms with E-state index in [9.17, 15) is 4.79 Å². The predicted octanol–water partition coefficient (Wildman–Crippen LogP) is 0.288. The van der Waals surface area contributed by atoms with Gasteiger partial charge in [-0.1, -0.05) is 11.6 Å². The number of nitrogens with one attached hydrogen (secondary N) is 1. The Labute approximate surface area is 111 Å². The number of amides is 1. The molecule has 0 aliphatic carbocycles. The summed E-state index contributed by atoms with van der Waals surface area (Å²) in [6.07, 6.45) is 0.255. The summed E-state index contributed by atoms with van der Waals surface area (Å²) in [5.41, 5.74) is 4.62. The monoisotopic (exact) mass is 272 g/mol. The second kappa shape index (κ2) is 5.69. The molecule has 1 saturated heterocycles. The van der Waals surface area contributed by atoms with E-state index in [1.165, 1.54) is 0 Å². The van der Waals surface area contributed by atoms with Gasteiger partial charge in [-0.15, -0.1) is 0 Å². The first-order valence-corrected chi connectivity index (χ1v) is 6.27. The third kappa shape index (κ3) is 2.82. The van der Waals surface area contributed by atoms with Gasteiger partial charge in [-0.2, -0.15) is 5.10 Å². The number of aryl methyl sites for hydroxylation is 2. The number of hydrogen-bond donors (Lipinski definition) is 1. The van der Waals surface area contributed by atoms with Crippen molar-refractivity contribution in [3.05, 3.63) is 16.4 Å². The first-order chi connectivity index (χ1) is 8.59. The predicted molar refractivity (Wildman–Crippen MR) is 67.2 cm³/mol. The lowest BCUT2D eigenvalue weighted by Crippen LogP contribution is -2.44. The fourth-order valence-electron chi connectivity index (χ4n) is 1.92. The van der Waals surface area contributed by atoms with Gasteiger partial charge < -0.3 is 4.74 Å². The standard InChI is InChI=1S/C11H17ClN4O2/c1-8-9(11(12)15(2)14-8)7-10(17)16-4-6-18-5-3-13-16/h13H,3-7H2,1-2H3. The highest BCUT2D eigenvalue weighted by molar-refractivity contribution is 6.30. The smallest absolute Gasteiger partial charge is 0.241 e. The average Bonchev–Trinajstić information content (AvgIpc) is 2.58. The fourth-order valence-corrected chi connectivity index (χ4v) is 2.17. The van der Waals surface area contributed by atoms with Gasteiger partial charge in [-0.3, -0.25) is 14.5 Å². The maximum Gasteiger partial charge on any atom is 0.241 e. The lowest BCUT2D eigenvalue weighted by atomic mass is 10.2. The minimum atomic E-state index is -0.0153. The molecule has 2 heterocycles. The van der Waals surface area contributed by atoms with Crippen LogP contribution < -0.4 is 5.43 Å². The molecule has 0 spiro atoms. The molecule has 1 amide bonds. The van der Waals surface area contributed by atoms with Crippen LogP contribution in [0.15, 0.2) is 0 Å². The van der Waals surface area contributed by atoms with Crippen molar-refractivity contribution in [2.75, 3.05) is 26.3 Å². The van der Waals surface area contributed by atoms with Crippen LogP contribution in [0.5, 0.6) is 0 Å². The molecule has 1 aromatic rings. The van der Waals surface area contributed by atoms with Gasteiger partial charge in [-0.05, 0) is 6.92 Å². The summed E-state index contributed by atoms with van der Waals surface area (Å²) in [5, 5.41) is 6.31. The van der Waals surface area contributed by atoms with E-state index in [0.717, 1.165) is 11.3 Å². The van der Waals surface area contributed by atoms with Crippen LogP contribution in [0.1, 0.15) is 11.3 Å². The molecule has 7 heteroatoms. The second-order valence-electron chi connectivity index (χ2n) is 4.22. The van der Waals surface area contributed by atoms with E-state index in [2.05, 4.69) is 10.5 Å². The number of rotatable bonds is 2. The quantitative estimate of drug-likeness (QED) is 0.841. The number of carbonyl (C=O) groups is 1. The molecule has 1 aliphatic rings. The van der Waals surface area contributed by atoms with Crippen molar-refractivity contribution in [1.82, 2.24) is 20.2 Å². The van der Waals surface area contributed by atoms with Gasteiger partial charge in [0, 0.05) is 19.2 Å². The zero-order valence-electron chi connectivity index (χ0n) is 10.6. The van der Waals surface area contributed by atoms with Gasteiger partial charge in [0.25, 0.3) is 0 Å². The van der Waals surface area contributed by atoms with E-state index in [-0.39, 0.29) is 12.3 Å². The Morgan fingerprint density at radius 2 is 2.33 bits per heavy atom. The molecular formula is C11H17ClN4O2. The fraction of sp³-hybridized carbons (Fsp3) is 0.636. The van der Waals surface area contributed by atoms with Crippen LogP contribution in [0.2, 0.25) is 5.15 Å². The largest absolute Gasteiger partial charge is 0.378 e. The van der Waals surface area contributed by atoms with Crippen molar-refractivity contribution in [3.63, 3.8) is 0 Å². The molecule has 100 valence electrons. The van der Waals surface area contributed by atoms with E-state index < -0.39 is 0 Å². The molecule has 1 fully saturated rings. The Kier molecular flexibility index (Phi) is 4.21. The Bertz CT molecular complexity index is 438. The van der Waals surface area contributed by atoms with Gasteiger partial charge in [0.15, 0.2) is 0 Å². The summed E-state index contributed by atoms with van der Waals surface area (Å²) in [6, 6.07) is 0. The maximum atomic E-state index is 12.1. The van der Waals surface area contributed by atoms with Gasteiger partial charge in [0.1, 0.15) is 5.15 Å². The molecule has 6 nitrogen and oxygen atoms in total. The van der Waals surface area contributed by atoms with E-state index in [0.29, 0.717) is 31.5 Å². The Morgan fingerprint density at radius 1 is 1.56 bits per heavy atom. The second-order valence-corrected chi connectivity index (χ2v) is 4.58. The van der Waals surface area contributed by atoms with Crippen molar-refractivity contribution in [3.8, 4) is 0 Å². The zero-order chi connectivity index (χ0) is 13.1. The molecule has 0 bridgehead atoms. The summed E-state index contributed by atoms with van der Waals surface area (Å²) >= 11 is 6.11. The molecule has 0 aromatic carbocycles. The molecule has 0 atom stereocenters. The number of halogens is 1. The van der Waals surface area contributed by atoms with Crippen LogP contribution >= 0.6 is 11.6 Å². The Balaban J connectivity index is 2.06. The summed E-state index contributed by atoms with van der Waals surface area (Å²) in [5.74, 6) is -0.0153. The molecule has 0 unspecified atom stereocenters. The molecule has 0 saturated carbocycles. The lowest BCUT2D eigenvalue weighted by Gasteiger charge is -2.20. The molecule has 18 heavy (non-hydrogen) atoms. The van der Waals surface area contributed by atoms with Gasteiger partial charge in [0.2, 0.25) is 5.91 Å². The minimum absolute atomic E-state index is 0.0153. The Hall–Kier alpha value is -1.11.